The van der Waals surface area contributed by atoms with Crippen molar-refractivity contribution in [1.29, 1.82) is 5.26 Å². The van der Waals surface area contributed by atoms with Crippen molar-refractivity contribution in [2.24, 2.45) is 0 Å². The van der Waals surface area contributed by atoms with Gasteiger partial charge in [0.2, 0.25) is 5.91 Å². The highest BCUT2D eigenvalue weighted by molar-refractivity contribution is 8.00. The lowest BCUT2D eigenvalue weighted by Crippen LogP contribution is -2.47. The third-order valence-electron chi connectivity index (χ3n) is 7.34. The fraction of sp³-hybridized carbons (Fsp3) is 0.394. The Bertz CT molecular complexity index is 1330. The van der Waals surface area contributed by atoms with Crippen molar-refractivity contribution in [1.82, 2.24) is 5.32 Å². The number of anilines is 1. The maximum atomic E-state index is 14.3. The van der Waals surface area contributed by atoms with Gasteiger partial charge in [0.1, 0.15) is 11.6 Å². The molecule has 2 fully saturated rings. The molecule has 4 nitrogen and oxygen atoms in total. The minimum Gasteiger partial charge on any atom is -0.358 e. The number of unbranched alkanes of at least 4 members (excludes halogenated alkanes) is 1. The van der Waals surface area contributed by atoms with Crippen LogP contribution in [0.3, 0.4) is 0 Å². The molecule has 0 spiro atoms. The van der Waals surface area contributed by atoms with Crippen molar-refractivity contribution < 1.29 is 13.6 Å². The van der Waals surface area contributed by atoms with E-state index in [9.17, 15) is 18.8 Å². The number of thioether (sulfide) groups is 1. The summed E-state index contributed by atoms with van der Waals surface area (Å²) in [5.41, 5.74) is 2.19. The summed E-state index contributed by atoms with van der Waals surface area (Å²) in [7, 11) is 0. The average Bonchev–Trinajstić information content (AvgIpc) is 3.62. The number of halogens is 2. The van der Waals surface area contributed by atoms with Crippen molar-refractivity contribution in [2.75, 3.05) is 11.4 Å². The Labute approximate surface area is 240 Å². The molecule has 3 aromatic rings. The van der Waals surface area contributed by atoms with Crippen molar-refractivity contribution in [3.05, 3.63) is 84.4 Å². The number of para-hydroxylation sites is 1. The predicted octanol–water partition coefficient (Wildman–Crippen LogP) is 8.18. The minimum atomic E-state index is -2.95. The smallest absolute Gasteiger partial charge is 0.271 e. The molecule has 1 heterocycles. The van der Waals surface area contributed by atoms with Gasteiger partial charge < -0.3 is 10.2 Å². The highest BCUT2D eigenvalue weighted by Gasteiger charge is 2.48. The highest BCUT2D eigenvalue weighted by atomic mass is 32.2. The molecule has 1 aliphatic heterocycles. The molecule has 40 heavy (non-hydrogen) atoms. The van der Waals surface area contributed by atoms with E-state index in [1.54, 1.807) is 18.2 Å². The van der Waals surface area contributed by atoms with Gasteiger partial charge in [0.25, 0.3) is 5.92 Å². The van der Waals surface area contributed by atoms with Gasteiger partial charge >= 0.3 is 0 Å². The van der Waals surface area contributed by atoms with Crippen LogP contribution >= 0.6 is 11.8 Å². The molecule has 210 valence electrons. The molecule has 1 N–H and O–H groups in total. The van der Waals surface area contributed by atoms with E-state index in [0.29, 0.717) is 30.7 Å². The van der Waals surface area contributed by atoms with Gasteiger partial charge in [-0.15, -0.1) is 11.8 Å². The number of nitriles is 1. The van der Waals surface area contributed by atoms with Crippen molar-refractivity contribution in [2.45, 2.75) is 80.5 Å². The first-order valence-corrected chi connectivity index (χ1v) is 14.9. The maximum Gasteiger partial charge on any atom is 0.271 e. The van der Waals surface area contributed by atoms with Crippen molar-refractivity contribution >= 4 is 23.4 Å². The Morgan fingerprint density at radius 3 is 2.27 bits per heavy atom. The van der Waals surface area contributed by atoms with Crippen molar-refractivity contribution in [3.63, 3.8) is 0 Å². The topological polar surface area (TPSA) is 56.1 Å². The van der Waals surface area contributed by atoms with Gasteiger partial charge in [0, 0.05) is 40.4 Å². The van der Waals surface area contributed by atoms with E-state index >= 15 is 0 Å². The summed E-state index contributed by atoms with van der Waals surface area (Å²) in [6, 6.07) is 26.2. The van der Waals surface area contributed by atoms with Crippen LogP contribution in [0.15, 0.2) is 83.8 Å². The Hall–Kier alpha value is -3.37. The van der Waals surface area contributed by atoms with Crippen molar-refractivity contribution in [3.8, 4) is 17.2 Å². The third kappa shape index (κ3) is 7.03. The number of carbonyl (C=O) groups excluding carboxylic acids is 1. The molecular formula is C33H37F2N3OS. The molecule has 0 bridgehead atoms. The number of carbonyl (C=O) groups is 1. The van der Waals surface area contributed by atoms with Crippen LogP contribution in [-0.4, -0.2) is 29.3 Å². The fourth-order valence-electron chi connectivity index (χ4n) is 4.80. The number of benzene rings is 3. The van der Waals surface area contributed by atoms with Gasteiger partial charge in [-0.2, -0.15) is 5.26 Å². The van der Waals surface area contributed by atoms with Gasteiger partial charge in [-0.25, -0.2) is 8.78 Å². The number of rotatable bonds is 8. The number of nitrogens with one attached hydrogen (secondary N) is 1. The summed E-state index contributed by atoms with van der Waals surface area (Å²) >= 11 is 1.40. The Kier molecular flexibility index (Phi) is 9.52. The summed E-state index contributed by atoms with van der Waals surface area (Å²) in [6.45, 7) is 5.80. The summed E-state index contributed by atoms with van der Waals surface area (Å²) in [5, 5.41) is 12.4. The van der Waals surface area contributed by atoms with E-state index in [4.69, 9.17) is 0 Å². The number of amides is 1. The molecule has 1 aliphatic carbocycles. The van der Waals surface area contributed by atoms with E-state index in [1.165, 1.54) is 30.7 Å². The lowest BCUT2D eigenvalue weighted by molar-refractivity contribution is -0.122. The SMILES string of the molecule is CC(F)(F)c1ccccc1SC1CC(C(=O)NC2(C#N)CC2)N(c2ccccc2-c2ccccc2)C1.CCCC. The molecule has 3 aromatic carbocycles. The van der Waals surface area contributed by atoms with Crippen LogP contribution in [0.5, 0.6) is 0 Å². The maximum absolute atomic E-state index is 14.3. The lowest BCUT2D eigenvalue weighted by Gasteiger charge is -2.29. The van der Waals surface area contributed by atoms with Gasteiger partial charge in [0.05, 0.1) is 6.07 Å². The molecule has 1 saturated carbocycles. The highest BCUT2D eigenvalue weighted by Crippen LogP contribution is 2.43. The number of alkyl halides is 2. The van der Waals surface area contributed by atoms with Crippen LogP contribution < -0.4 is 10.2 Å². The van der Waals surface area contributed by atoms with Crippen LogP contribution in [0.4, 0.5) is 14.5 Å². The second-order valence-electron chi connectivity index (χ2n) is 10.6. The summed E-state index contributed by atoms with van der Waals surface area (Å²) in [4.78, 5) is 16.1. The number of nitrogens with zero attached hydrogens (tertiary/aromatic N) is 2. The van der Waals surface area contributed by atoms with Crippen LogP contribution in [0, 0.1) is 11.3 Å². The largest absolute Gasteiger partial charge is 0.358 e. The van der Waals surface area contributed by atoms with Crippen LogP contribution in [0.25, 0.3) is 11.1 Å². The summed E-state index contributed by atoms with van der Waals surface area (Å²) in [6.07, 6.45) is 4.43. The molecule has 2 unspecified atom stereocenters. The minimum absolute atomic E-state index is 0.000510. The molecule has 2 atom stereocenters. The second kappa shape index (κ2) is 12.9. The van der Waals surface area contributed by atoms with E-state index in [1.807, 2.05) is 54.6 Å². The molecule has 0 radical (unpaired) electrons. The quantitative estimate of drug-likeness (QED) is 0.301. The van der Waals surface area contributed by atoms with E-state index in [-0.39, 0.29) is 16.7 Å². The molecule has 1 saturated heterocycles. The average molecular weight is 562 g/mol. The number of hydrogen-bond donors (Lipinski definition) is 1. The van der Waals surface area contributed by atoms with Gasteiger partial charge in [0.15, 0.2) is 0 Å². The normalized spacial score (nSPS) is 19.2. The van der Waals surface area contributed by atoms with Gasteiger partial charge in [-0.3, -0.25) is 4.79 Å². The first kappa shape index (κ1) is 29.6. The Morgan fingerprint density at radius 1 is 1.02 bits per heavy atom. The van der Waals surface area contributed by atoms with Crippen LogP contribution in [0.2, 0.25) is 0 Å². The van der Waals surface area contributed by atoms with E-state index in [0.717, 1.165) is 23.7 Å². The first-order valence-electron chi connectivity index (χ1n) is 14.0. The van der Waals surface area contributed by atoms with E-state index in [2.05, 4.69) is 30.1 Å². The molecule has 7 heteroatoms. The standard InChI is InChI=1S/C29H27F2N3OS.C4H10/c1-28(30,31)23-12-6-8-14-26(23)36-21-17-25(27(35)33-29(19-32)15-16-29)34(18-21)24-13-7-5-11-22(24)20-9-3-2-4-10-20;1-3-4-2/h2-14,21,25H,15-18H2,1H3,(H,33,35);3-4H2,1-2H3. The van der Waals surface area contributed by atoms with Crippen LogP contribution in [0.1, 0.15) is 58.4 Å². The van der Waals surface area contributed by atoms with Crippen LogP contribution in [-0.2, 0) is 10.7 Å². The first-order chi connectivity index (χ1) is 19.2. The van der Waals surface area contributed by atoms with Gasteiger partial charge in [-0.1, -0.05) is 93.4 Å². The zero-order valence-corrected chi connectivity index (χ0v) is 24.2. The zero-order chi connectivity index (χ0) is 28.8. The summed E-state index contributed by atoms with van der Waals surface area (Å²) in [5.74, 6) is -3.14. The lowest BCUT2D eigenvalue weighted by atomic mass is 10.0. The molecule has 5 rings (SSSR count). The Morgan fingerprint density at radius 2 is 1.65 bits per heavy atom. The monoisotopic (exact) mass is 561 g/mol. The molecular weight excluding hydrogens is 524 g/mol. The molecule has 1 amide bonds. The van der Waals surface area contributed by atoms with Gasteiger partial charge in [-0.05, 0) is 37.0 Å². The Balaban J connectivity index is 0.000000867. The molecule has 2 aliphatic rings. The molecule has 0 aromatic heterocycles. The fourth-order valence-corrected chi connectivity index (χ4v) is 6.21. The van der Waals surface area contributed by atoms with E-state index < -0.39 is 17.5 Å². The second-order valence-corrected chi connectivity index (χ2v) is 11.9. The zero-order valence-electron chi connectivity index (χ0n) is 23.4. The summed E-state index contributed by atoms with van der Waals surface area (Å²) < 4.78 is 28.6. The third-order valence-corrected chi connectivity index (χ3v) is 8.63. The predicted molar refractivity (Wildman–Crippen MR) is 160 cm³/mol. The number of hydrogen-bond acceptors (Lipinski definition) is 4.